The molecule has 3 aromatic rings. The summed E-state index contributed by atoms with van der Waals surface area (Å²) in [5, 5.41) is 20.4. The maximum absolute atomic E-state index is 12.8. The number of aromatic nitrogens is 3. The van der Waals surface area contributed by atoms with E-state index in [1.807, 2.05) is 38.1 Å². The predicted octanol–water partition coefficient (Wildman–Crippen LogP) is 2.88. The van der Waals surface area contributed by atoms with Gasteiger partial charge in [-0.1, -0.05) is 19.9 Å². The summed E-state index contributed by atoms with van der Waals surface area (Å²) in [7, 11) is 1.53. The first-order valence-corrected chi connectivity index (χ1v) is 9.10. The lowest BCUT2D eigenvalue weighted by molar-refractivity contribution is 0.0894. The SMILES string of the molecule is COc1c(C(=O)NC(CO)C(C)C)ccc2[nH]nc(/C=C/c3ccncc3)c12. The number of hydrogen-bond donors (Lipinski definition) is 3. The molecule has 7 heteroatoms. The van der Waals surface area contributed by atoms with Gasteiger partial charge in [0.25, 0.3) is 5.91 Å². The fourth-order valence-corrected chi connectivity index (χ4v) is 2.94. The van der Waals surface area contributed by atoms with Gasteiger partial charge in [0, 0.05) is 12.4 Å². The van der Waals surface area contributed by atoms with Crippen LogP contribution in [0.4, 0.5) is 0 Å². The highest BCUT2D eigenvalue weighted by atomic mass is 16.5. The van der Waals surface area contributed by atoms with E-state index in [0.717, 1.165) is 16.5 Å². The average molecular weight is 380 g/mol. The normalized spacial score (nSPS) is 12.6. The van der Waals surface area contributed by atoms with E-state index < -0.39 is 0 Å². The summed E-state index contributed by atoms with van der Waals surface area (Å²) >= 11 is 0. The molecule has 1 aromatic carbocycles. The fourth-order valence-electron chi connectivity index (χ4n) is 2.94. The van der Waals surface area contributed by atoms with Crippen molar-refractivity contribution in [2.45, 2.75) is 19.9 Å². The molecule has 7 nitrogen and oxygen atoms in total. The van der Waals surface area contributed by atoms with Gasteiger partial charge < -0.3 is 15.2 Å². The maximum Gasteiger partial charge on any atom is 0.255 e. The molecule has 0 saturated carbocycles. The standard InChI is InChI=1S/C21H24N4O3/c1-13(2)18(12-26)23-21(27)15-5-7-17-19(20(15)28-3)16(24-25-17)6-4-14-8-10-22-11-9-14/h4-11,13,18,26H,12H2,1-3H3,(H,23,27)(H,24,25)/b6-4+. The van der Waals surface area contributed by atoms with E-state index in [-0.39, 0.29) is 24.5 Å². The first-order valence-electron chi connectivity index (χ1n) is 9.10. The molecule has 0 aliphatic carbocycles. The lowest BCUT2D eigenvalue weighted by Crippen LogP contribution is -2.41. The fraction of sp³-hybridized carbons (Fsp3) is 0.286. The number of amides is 1. The smallest absolute Gasteiger partial charge is 0.255 e. The van der Waals surface area contributed by atoms with Crippen molar-refractivity contribution in [1.29, 1.82) is 0 Å². The molecule has 0 saturated heterocycles. The Morgan fingerprint density at radius 3 is 2.64 bits per heavy atom. The molecule has 0 bridgehead atoms. The number of H-pyrrole nitrogens is 1. The molecule has 1 unspecified atom stereocenters. The molecule has 3 rings (SSSR count). The number of carbonyl (C=O) groups excluding carboxylic acids is 1. The molecule has 2 aromatic heterocycles. The second kappa shape index (κ2) is 8.67. The number of methoxy groups -OCH3 is 1. The number of carbonyl (C=O) groups is 1. The number of nitrogens with zero attached hydrogens (tertiary/aromatic N) is 2. The lowest BCUT2D eigenvalue weighted by atomic mass is 10.0. The average Bonchev–Trinajstić information content (AvgIpc) is 3.13. The van der Waals surface area contributed by atoms with Crippen LogP contribution in [0.1, 0.15) is 35.5 Å². The number of aliphatic hydroxyl groups is 1. The largest absolute Gasteiger partial charge is 0.495 e. The van der Waals surface area contributed by atoms with E-state index in [1.165, 1.54) is 7.11 Å². The van der Waals surface area contributed by atoms with Crippen LogP contribution in [0.25, 0.3) is 23.1 Å². The minimum atomic E-state index is -0.330. The van der Waals surface area contributed by atoms with Crippen LogP contribution in [0.5, 0.6) is 5.75 Å². The van der Waals surface area contributed by atoms with Gasteiger partial charge in [-0.25, -0.2) is 0 Å². The first kappa shape index (κ1) is 19.6. The highest BCUT2D eigenvalue weighted by Gasteiger charge is 2.22. The summed E-state index contributed by atoms with van der Waals surface area (Å²) in [5.74, 6) is 0.256. The van der Waals surface area contributed by atoms with Crippen LogP contribution in [0, 0.1) is 5.92 Å². The topological polar surface area (TPSA) is 100 Å². The molecule has 0 radical (unpaired) electrons. The third-order valence-corrected chi connectivity index (χ3v) is 4.62. The summed E-state index contributed by atoms with van der Waals surface area (Å²) in [5.41, 5.74) is 2.82. The van der Waals surface area contributed by atoms with Crippen LogP contribution >= 0.6 is 0 Å². The third-order valence-electron chi connectivity index (χ3n) is 4.62. The molecular weight excluding hydrogens is 356 g/mol. The number of pyridine rings is 1. The molecular formula is C21H24N4O3. The lowest BCUT2D eigenvalue weighted by Gasteiger charge is -2.20. The first-order chi connectivity index (χ1) is 13.5. The van der Waals surface area contributed by atoms with Gasteiger partial charge in [-0.2, -0.15) is 5.10 Å². The molecule has 1 atom stereocenters. The maximum atomic E-state index is 12.8. The second-order valence-corrected chi connectivity index (χ2v) is 6.80. The molecule has 0 spiro atoms. The Balaban J connectivity index is 1.99. The Bertz CT molecular complexity index is 980. The van der Waals surface area contributed by atoms with Gasteiger partial charge in [0.15, 0.2) is 0 Å². The monoisotopic (exact) mass is 380 g/mol. The van der Waals surface area contributed by atoms with E-state index >= 15 is 0 Å². The van der Waals surface area contributed by atoms with Crippen molar-refractivity contribution >= 4 is 29.0 Å². The van der Waals surface area contributed by atoms with Gasteiger partial charge in [0.05, 0.1) is 41.9 Å². The number of hydrogen-bond acceptors (Lipinski definition) is 5. The van der Waals surface area contributed by atoms with E-state index in [2.05, 4.69) is 20.5 Å². The van der Waals surface area contributed by atoms with Crippen LogP contribution in [-0.4, -0.2) is 46.0 Å². The highest BCUT2D eigenvalue weighted by molar-refractivity contribution is 6.05. The van der Waals surface area contributed by atoms with E-state index in [9.17, 15) is 9.90 Å². The van der Waals surface area contributed by atoms with Gasteiger partial charge in [-0.15, -0.1) is 0 Å². The Labute approximate surface area is 163 Å². The van der Waals surface area contributed by atoms with Crippen molar-refractivity contribution in [1.82, 2.24) is 20.5 Å². The Kier molecular flexibility index (Phi) is 6.06. The van der Waals surface area contributed by atoms with Crippen LogP contribution in [0.15, 0.2) is 36.7 Å². The number of fused-ring (bicyclic) bond motifs is 1. The van der Waals surface area contributed by atoms with Crippen molar-refractivity contribution in [3.63, 3.8) is 0 Å². The minimum absolute atomic E-state index is 0.108. The summed E-state index contributed by atoms with van der Waals surface area (Å²) in [6.07, 6.45) is 7.22. The molecule has 1 amide bonds. The van der Waals surface area contributed by atoms with Crippen LogP contribution in [-0.2, 0) is 0 Å². The molecule has 28 heavy (non-hydrogen) atoms. The minimum Gasteiger partial charge on any atom is -0.495 e. The van der Waals surface area contributed by atoms with Gasteiger partial charge in [0.2, 0.25) is 0 Å². The zero-order chi connectivity index (χ0) is 20.1. The molecule has 0 fully saturated rings. The van der Waals surface area contributed by atoms with Crippen molar-refractivity contribution in [3.05, 3.63) is 53.5 Å². The summed E-state index contributed by atoms with van der Waals surface area (Å²) in [6, 6.07) is 6.94. The zero-order valence-corrected chi connectivity index (χ0v) is 16.1. The van der Waals surface area contributed by atoms with Crippen molar-refractivity contribution in [2.75, 3.05) is 13.7 Å². The number of aromatic amines is 1. The van der Waals surface area contributed by atoms with Crippen molar-refractivity contribution in [2.24, 2.45) is 5.92 Å². The van der Waals surface area contributed by atoms with Crippen LogP contribution in [0.2, 0.25) is 0 Å². The van der Waals surface area contributed by atoms with Crippen molar-refractivity contribution in [3.8, 4) is 5.75 Å². The quantitative estimate of drug-likeness (QED) is 0.585. The summed E-state index contributed by atoms with van der Waals surface area (Å²) in [4.78, 5) is 16.8. The number of rotatable bonds is 7. The Morgan fingerprint density at radius 1 is 1.25 bits per heavy atom. The van der Waals surface area contributed by atoms with Gasteiger partial charge in [-0.05, 0) is 41.8 Å². The van der Waals surface area contributed by atoms with E-state index in [4.69, 9.17) is 4.74 Å². The predicted molar refractivity (Wildman–Crippen MR) is 109 cm³/mol. The van der Waals surface area contributed by atoms with Gasteiger partial charge >= 0.3 is 0 Å². The second-order valence-electron chi connectivity index (χ2n) is 6.80. The Hall–Kier alpha value is -3.19. The summed E-state index contributed by atoms with van der Waals surface area (Å²) < 4.78 is 5.58. The van der Waals surface area contributed by atoms with Gasteiger partial charge in [-0.3, -0.25) is 14.9 Å². The molecule has 3 N–H and O–H groups in total. The van der Waals surface area contributed by atoms with Crippen LogP contribution < -0.4 is 10.1 Å². The third kappa shape index (κ3) is 4.04. The molecule has 0 aliphatic rings. The number of benzene rings is 1. The van der Waals surface area contributed by atoms with E-state index in [1.54, 1.807) is 24.5 Å². The molecule has 0 aliphatic heterocycles. The van der Waals surface area contributed by atoms with E-state index in [0.29, 0.717) is 17.0 Å². The number of ether oxygens (including phenoxy) is 1. The molecule has 2 heterocycles. The zero-order valence-electron chi connectivity index (χ0n) is 16.1. The Morgan fingerprint density at radius 2 is 2.00 bits per heavy atom. The number of nitrogens with one attached hydrogen (secondary N) is 2. The summed E-state index contributed by atoms with van der Waals surface area (Å²) in [6.45, 7) is 3.76. The van der Waals surface area contributed by atoms with Crippen molar-refractivity contribution < 1.29 is 14.6 Å². The van der Waals surface area contributed by atoms with Crippen LogP contribution in [0.3, 0.4) is 0 Å². The number of aliphatic hydroxyl groups excluding tert-OH is 1. The van der Waals surface area contributed by atoms with Gasteiger partial charge in [0.1, 0.15) is 5.75 Å². The molecule has 146 valence electrons. The highest BCUT2D eigenvalue weighted by Crippen LogP contribution is 2.32.